The third kappa shape index (κ3) is 2.86. The van der Waals surface area contributed by atoms with E-state index < -0.39 is 17.7 Å². The van der Waals surface area contributed by atoms with E-state index in [0.29, 0.717) is 11.3 Å². The van der Waals surface area contributed by atoms with Crippen molar-refractivity contribution < 1.29 is 19.8 Å². The first kappa shape index (κ1) is 17.7. The predicted octanol–water partition coefficient (Wildman–Crippen LogP) is 3.83. The van der Waals surface area contributed by atoms with Gasteiger partial charge in [0.05, 0.1) is 11.6 Å². The lowest BCUT2D eigenvalue weighted by Crippen LogP contribution is -2.32. The maximum atomic E-state index is 12.9. The van der Waals surface area contributed by atoms with Crippen LogP contribution in [0.4, 0.5) is 5.69 Å². The molecule has 2 aromatic rings. The van der Waals surface area contributed by atoms with Gasteiger partial charge in [-0.25, -0.2) is 0 Å². The molecule has 2 aromatic carbocycles. The number of hydrogen-bond acceptors (Lipinski definition) is 4. The van der Waals surface area contributed by atoms with Gasteiger partial charge in [-0.15, -0.1) is 0 Å². The van der Waals surface area contributed by atoms with E-state index in [1.165, 1.54) is 17.0 Å². The Labute approximate surface area is 152 Å². The lowest BCUT2D eigenvalue weighted by molar-refractivity contribution is -0.119. The van der Waals surface area contributed by atoms with Gasteiger partial charge in [-0.3, -0.25) is 14.5 Å². The highest BCUT2D eigenvalue weighted by atomic mass is 16.3. The zero-order valence-corrected chi connectivity index (χ0v) is 14.9. The predicted molar refractivity (Wildman–Crippen MR) is 99.0 cm³/mol. The zero-order chi connectivity index (χ0) is 19.0. The average Bonchev–Trinajstić information content (AvgIpc) is 2.86. The number of para-hydroxylation sites is 1. The molecular weight excluding hydrogens is 330 g/mol. The minimum atomic E-state index is -0.786. The van der Waals surface area contributed by atoms with Gasteiger partial charge in [0.15, 0.2) is 11.5 Å². The second-order valence-electron chi connectivity index (χ2n) is 6.74. The van der Waals surface area contributed by atoms with Crippen molar-refractivity contribution in [3.05, 3.63) is 71.0 Å². The van der Waals surface area contributed by atoms with Gasteiger partial charge in [0.1, 0.15) is 5.75 Å². The van der Waals surface area contributed by atoms with Crippen molar-refractivity contribution in [2.24, 2.45) is 5.92 Å². The van der Waals surface area contributed by atoms with Crippen LogP contribution in [0.5, 0.6) is 5.75 Å². The normalized spacial score (nSPS) is 17.3. The van der Waals surface area contributed by atoms with Gasteiger partial charge in [0.25, 0.3) is 5.91 Å². The third-order valence-electron chi connectivity index (χ3n) is 4.56. The number of ketones is 1. The summed E-state index contributed by atoms with van der Waals surface area (Å²) in [4.78, 5) is 27.1. The number of aryl methyl sites for hydroxylation is 1. The van der Waals surface area contributed by atoms with Crippen LogP contribution in [0.25, 0.3) is 0 Å². The fraction of sp³-hybridized carbons (Fsp3) is 0.238. The van der Waals surface area contributed by atoms with Gasteiger partial charge in [-0.05, 0) is 36.2 Å². The lowest BCUT2D eigenvalue weighted by atomic mass is 9.91. The Morgan fingerprint density at radius 2 is 1.77 bits per heavy atom. The highest BCUT2D eigenvalue weighted by molar-refractivity contribution is 6.17. The summed E-state index contributed by atoms with van der Waals surface area (Å²) >= 11 is 0. The summed E-state index contributed by atoms with van der Waals surface area (Å²) in [5, 5.41) is 20.4. The summed E-state index contributed by atoms with van der Waals surface area (Å²) in [5.74, 6) is -1.78. The van der Waals surface area contributed by atoms with E-state index >= 15 is 0 Å². The quantitative estimate of drug-likeness (QED) is 0.878. The molecule has 0 saturated heterocycles. The van der Waals surface area contributed by atoms with Crippen molar-refractivity contribution in [1.82, 2.24) is 0 Å². The van der Waals surface area contributed by atoms with E-state index in [2.05, 4.69) is 0 Å². The van der Waals surface area contributed by atoms with Crippen LogP contribution in [0.1, 0.15) is 31.0 Å². The van der Waals surface area contributed by atoms with Crippen molar-refractivity contribution in [2.75, 3.05) is 4.90 Å². The maximum Gasteiger partial charge on any atom is 0.294 e. The first-order chi connectivity index (χ1) is 12.3. The molecule has 1 heterocycles. The number of phenolic OH excluding ortho intramolecular Hbond substituents is 1. The molecule has 26 heavy (non-hydrogen) atoms. The molecule has 0 bridgehead atoms. The molecule has 0 aliphatic carbocycles. The second kappa shape index (κ2) is 6.67. The van der Waals surface area contributed by atoms with Crippen LogP contribution >= 0.6 is 0 Å². The molecule has 0 radical (unpaired) electrons. The van der Waals surface area contributed by atoms with Gasteiger partial charge in [-0.2, -0.15) is 0 Å². The van der Waals surface area contributed by atoms with Crippen LogP contribution in [0.15, 0.2) is 59.9 Å². The molecule has 1 unspecified atom stereocenters. The van der Waals surface area contributed by atoms with Gasteiger partial charge in [0.2, 0.25) is 0 Å². The minimum Gasteiger partial charge on any atom is -0.508 e. The molecule has 0 fully saturated rings. The number of carbonyl (C=O) groups excluding carboxylic acids is 2. The smallest absolute Gasteiger partial charge is 0.294 e. The largest absolute Gasteiger partial charge is 0.508 e. The number of anilines is 1. The molecule has 0 aromatic heterocycles. The summed E-state index contributed by atoms with van der Waals surface area (Å²) < 4.78 is 0. The van der Waals surface area contributed by atoms with Gasteiger partial charge in [-0.1, -0.05) is 44.2 Å². The highest BCUT2D eigenvalue weighted by Gasteiger charge is 2.45. The number of rotatable bonds is 4. The highest BCUT2D eigenvalue weighted by Crippen LogP contribution is 2.43. The maximum absolute atomic E-state index is 12.9. The Morgan fingerprint density at radius 1 is 1.08 bits per heavy atom. The standard InChI is InChI=1S/C21H21NO4/c1-12(2)19(24)17-18(14-8-6-9-15(23)11-14)22(21(26)20(17)25)16-10-5-4-7-13(16)3/h4-12,18,23,25H,1-3H3. The van der Waals surface area contributed by atoms with Gasteiger partial charge >= 0.3 is 0 Å². The van der Waals surface area contributed by atoms with Crippen LogP contribution in [0.3, 0.4) is 0 Å². The number of Topliss-reactive ketones (excluding diaryl/α,β-unsaturated/α-hetero) is 1. The molecule has 1 atom stereocenters. The second-order valence-corrected chi connectivity index (χ2v) is 6.74. The number of aromatic hydroxyl groups is 1. The third-order valence-corrected chi connectivity index (χ3v) is 4.56. The van der Waals surface area contributed by atoms with E-state index in [9.17, 15) is 19.8 Å². The number of hydrogen-bond donors (Lipinski definition) is 2. The van der Waals surface area contributed by atoms with Gasteiger partial charge < -0.3 is 10.2 Å². The molecule has 1 aliphatic rings. The van der Waals surface area contributed by atoms with Crippen LogP contribution in [0.2, 0.25) is 0 Å². The lowest BCUT2D eigenvalue weighted by Gasteiger charge is -2.28. The number of nitrogens with zero attached hydrogens (tertiary/aromatic N) is 1. The number of benzene rings is 2. The molecule has 0 saturated carbocycles. The molecule has 1 amide bonds. The summed E-state index contributed by atoms with van der Waals surface area (Å²) in [5.41, 5.74) is 2.09. The topological polar surface area (TPSA) is 77.8 Å². The summed E-state index contributed by atoms with van der Waals surface area (Å²) in [7, 11) is 0. The van der Waals surface area contributed by atoms with Crippen molar-refractivity contribution in [1.29, 1.82) is 0 Å². The number of phenols is 1. The van der Waals surface area contributed by atoms with E-state index in [1.807, 2.05) is 19.1 Å². The van der Waals surface area contributed by atoms with Crippen molar-refractivity contribution in [2.45, 2.75) is 26.8 Å². The first-order valence-corrected chi connectivity index (χ1v) is 8.48. The molecule has 0 spiro atoms. The zero-order valence-electron chi connectivity index (χ0n) is 14.9. The Hall–Kier alpha value is -3.08. The summed E-state index contributed by atoms with van der Waals surface area (Å²) in [6, 6.07) is 12.9. The monoisotopic (exact) mass is 351 g/mol. The summed E-state index contributed by atoms with van der Waals surface area (Å²) in [6.07, 6.45) is 0. The Kier molecular flexibility index (Phi) is 4.55. The fourth-order valence-corrected chi connectivity index (χ4v) is 3.26. The number of amides is 1. The van der Waals surface area contributed by atoms with E-state index in [4.69, 9.17) is 0 Å². The molecule has 3 rings (SSSR count). The molecule has 1 aliphatic heterocycles. The van der Waals surface area contributed by atoms with Crippen LogP contribution in [-0.2, 0) is 9.59 Å². The van der Waals surface area contributed by atoms with Crippen molar-refractivity contribution in [3.8, 4) is 5.75 Å². The number of aliphatic hydroxyl groups excluding tert-OH is 1. The van der Waals surface area contributed by atoms with Crippen LogP contribution < -0.4 is 4.90 Å². The van der Waals surface area contributed by atoms with Crippen molar-refractivity contribution >= 4 is 17.4 Å². The molecule has 5 nitrogen and oxygen atoms in total. The summed E-state index contributed by atoms with van der Waals surface area (Å²) in [6.45, 7) is 5.31. The Bertz CT molecular complexity index is 914. The number of aliphatic hydroxyl groups is 1. The first-order valence-electron chi connectivity index (χ1n) is 8.48. The minimum absolute atomic E-state index is 0.0300. The molecular formula is C21H21NO4. The number of carbonyl (C=O) groups is 2. The van der Waals surface area contributed by atoms with E-state index in [-0.39, 0.29) is 23.0 Å². The molecule has 5 heteroatoms. The Morgan fingerprint density at radius 3 is 2.38 bits per heavy atom. The van der Waals surface area contributed by atoms with Crippen LogP contribution in [-0.4, -0.2) is 21.9 Å². The molecule has 134 valence electrons. The van der Waals surface area contributed by atoms with Crippen LogP contribution in [0, 0.1) is 12.8 Å². The van der Waals surface area contributed by atoms with E-state index in [1.54, 1.807) is 38.1 Å². The van der Waals surface area contributed by atoms with Gasteiger partial charge in [0, 0.05) is 11.6 Å². The fourth-order valence-electron chi connectivity index (χ4n) is 3.26. The van der Waals surface area contributed by atoms with E-state index in [0.717, 1.165) is 5.56 Å². The molecule has 2 N–H and O–H groups in total. The Balaban J connectivity index is 2.23. The van der Waals surface area contributed by atoms with Crippen molar-refractivity contribution in [3.63, 3.8) is 0 Å². The average molecular weight is 351 g/mol. The SMILES string of the molecule is Cc1ccccc1N1C(=O)C(O)=C(C(=O)C(C)C)C1c1cccc(O)c1.